The molecule has 1 N–H and O–H groups in total. The summed E-state index contributed by atoms with van der Waals surface area (Å²) in [6, 6.07) is -0.358. The monoisotopic (exact) mass is 214 g/mol. The topological polar surface area (TPSA) is 75.8 Å². The Bertz CT molecular complexity index is 335. The standard InChI is InChI=1S/C9H14N2O4/c1-11(2)7(4-12)8-10-6(5-15-8)9(13)14-3/h5,7,12H,4H2,1-3H3/t7-/m1/s1. The third-order valence-electron chi connectivity index (χ3n) is 2.00. The van der Waals surface area contributed by atoms with Gasteiger partial charge in [0, 0.05) is 0 Å². The SMILES string of the molecule is COC(=O)c1coc([C@@H](CO)N(C)C)n1. The van der Waals surface area contributed by atoms with E-state index in [0.717, 1.165) is 0 Å². The maximum Gasteiger partial charge on any atom is 0.360 e. The van der Waals surface area contributed by atoms with Gasteiger partial charge in [-0.3, -0.25) is 4.90 Å². The highest BCUT2D eigenvalue weighted by Crippen LogP contribution is 2.16. The number of hydrogen-bond acceptors (Lipinski definition) is 6. The van der Waals surface area contributed by atoms with E-state index >= 15 is 0 Å². The molecule has 0 aliphatic heterocycles. The van der Waals surface area contributed by atoms with Crippen molar-refractivity contribution in [3.05, 3.63) is 17.8 Å². The number of nitrogens with zero attached hydrogens (tertiary/aromatic N) is 2. The Kier molecular flexibility index (Phi) is 3.81. The Morgan fingerprint density at radius 1 is 1.73 bits per heavy atom. The van der Waals surface area contributed by atoms with Crippen LogP contribution in [-0.2, 0) is 4.74 Å². The molecule has 1 rings (SSSR count). The summed E-state index contributed by atoms with van der Waals surface area (Å²) < 4.78 is 9.57. The van der Waals surface area contributed by atoms with Crippen LogP contribution in [0.2, 0.25) is 0 Å². The molecule has 1 aromatic heterocycles. The zero-order valence-electron chi connectivity index (χ0n) is 8.93. The summed E-state index contributed by atoms with van der Waals surface area (Å²) in [5.74, 6) is -0.261. The summed E-state index contributed by atoms with van der Waals surface area (Å²) in [5, 5.41) is 9.10. The number of oxazole rings is 1. The number of likely N-dealkylation sites (N-methyl/N-ethyl adjacent to an activating group) is 1. The van der Waals surface area contributed by atoms with Crippen LogP contribution in [0.25, 0.3) is 0 Å². The van der Waals surface area contributed by atoms with Gasteiger partial charge in [0.1, 0.15) is 12.3 Å². The normalized spacial score (nSPS) is 12.9. The molecule has 6 heteroatoms. The molecule has 0 bridgehead atoms. The Morgan fingerprint density at radius 2 is 2.40 bits per heavy atom. The van der Waals surface area contributed by atoms with E-state index in [1.165, 1.54) is 13.4 Å². The molecule has 0 saturated heterocycles. The molecular formula is C9H14N2O4. The van der Waals surface area contributed by atoms with Crippen molar-refractivity contribution in [2.75, 3.05) is 27.8 Å². The summed E-state index contributed by atoms with van der Waals surface area (Å²) in [7, 11) is 4.83. The smallest absolute Gasteiger partial charge is 0.360 e. The van der Waals surface area contributed by atoms with Crippen LogP contribution in [0.15, 0.2) is 10.7 Å². The largest absolute Gasteiger partial charge is 0.464 e. The molecule has 15 heavy (non-hydrogen) atoms. The van der Waals surface area contributed by atoms with Crippen LogP contribution in [0.5, 0.6) is 0 Å². The number of rotatable bonds is 4. The predicted octanol–water partition coefficient (Wildman–Crippen LogP) is 0.0562. The minimum Gasteiger partial charge on any atom is -0.464 e. The quantitative estimate of drug-likeness (QED) is 0.714. The second kappa shape index (κ2) is 4.90. The second-order valence-electron chi connectivity index (χ2n) is 3.22. The number of carbonyl (C=O) groups excluding carboxylic acids is 1. The van der Waals surface area contributed by atoms with E-state index in [2.05, 4.69) is 9.72 Å². The number of aliphatic hydroxyl groups excluding tert-OH is 1. The van der Waals surface area contributed by atoms with Crippen LogP contribution in [0, 0.1) is 0 Å². The van der Waals surface area contributed by atoms with Crippen LogP contribution < -0.4 is 0 Å². The van der Waals surface area contributed by atoms with Crippen molar-refractivity contribution in [1.82, 2.24) is 9.88 Å². The first-order chi connectivity index (χ1) is 7.10. The van der Waals surface area contributed by atoms with Gasteiger partial charge in [-0.15, -0.1) is 0 Å². The van der Waals surface area contributed by atoms with Crippen molar-refractivity contribution >= 4 is 5.97 Å². The number of aromatic nitrogens is 1. The third kappa shape index (κ3) is 2.54. The minimum absolute atomic E-state index is 0.104. The van der Waals surface area contributed by atoms with Gasteiger partial charge in [0.25, 0.3) is 0 Å². The minimum atomic E-state index is -0.555. The van der Waals surface area contributed by atoms with Crippen LogP contribution in [-0.4, -0.2) is 48.8 Å². The van der Waals surface area contributed by atoms with Crippen molar-refractivity contribution in [2.45, 2.75) is 6.04 Å². The lowest BCUT2D eigenvalue weighted by Crippen LogP contribution is -2.23. The summed E-state index contributed by atoms with van der Waals surface area (Å²) >= 11 is 0. The van der Waals surface area contributed by atoms with Crippen molar-refractivity contribution < 1.29 is 19.1 Å². The van der Waals surface area contributed by atoms with E-state index in [4.69, 9.17) is 9.52 Å². The van der Waals surface area contributed by atoms with Crippen LogP contribution in [0.1, 0.15) is 22.4 Å². The van der Waals surface area contributed by atoms with E-state index < -0.39 is 5.97 Å². The van der Waals surface area contributed by atoms with Gasteiger partial charge >= 0.3 is 5.97 Å². The van der Waals surface area contributed by atoms with Gasteiger partial charge < -0.3 is 14.3 Å². The molecule has 6 nitrogen and oxygen atoms in total. The summed E-state index contributed by atoms with van der Waals surface area (Å²) in [4.78, 5) is 16.8. The van der Waals surface area contributed by atoms with E-state index in [-0.39, 0.29) is 18.3 Å². The van der Waals surface area contributed by atoms with Crippen LogP contribution in [0.4, 0.5) is 0 Å². The molecule has 0 aliphatic rings. The Morgan fingerprint density at radius 3 is 2.87 bits per heavy atom. The summed E-state index contributed by atoms with van der Waals surface area (Å²) in [5.41, 5.74) is 0.104. The fraction of sp³-hybridized carbons (Fsp3) is 0.556. The number of hydrogen-bond donors (Lipinski definition) is 1. The second-order valence-corrected chi connectivity index (χ2v) is 3.22. The molecule has 0 amide bonds. The van der Waals surface area contributed by atoms with Gasteiger partial charge in [-0.05, 0) is 14.1 Å². The summed E-state index contributed by atoms with van der Waals surface area (Å²) in [6.45, 7) is -0.131. The summed E-state index contributed by atoms with van der Waals surface area (Å²) in [6.07, 6.45) is 1.22. The first kappa shape index (κ1) is 11.7. The molecule has 1 atom stereocenters. The average molecular weight is 214 g/mol. The predicted molar refractivity (Wildman–Crippen MR) is 51.4 cm³/mol. The first-order valence-corrected chi connectivity index (χ1v) is 4.41. The van der Waals surface area contributed by atoms with E-state index in [1.807, 2.05) is 0 Å². The van der Waals surface area contributed by atoms with Crippen LogP contribution >= 0.6 is 0 Å². The fourth-order valence-corrected chi connectivity index (χ4v) is 1.10. The molecule has 1 aromatic rings. The van der Waals surface area contributed by atoms with Gasteiger partial charge in [-0.1, -0.05) is 0 Å². The molecule has 0 aliphatic carbocycles. The van der Waals surface area contributed by atoms with Gasteiger partial charge in [-0.25, -0.2) is 9.78 Å². The first-order valence-electron chi connectivity index (χ1n) is 4.41. The molecule has 0 saturated carbocycles. The lowest BCUT2D eigenvalue weighted by atomic mass is 10.3. The number of aliphatic hydroxyl groups is 1. The van der Waals surface area contributed by atoms with Gasteiger partial charge in [0.15, 0.2) is 5.69 Å². The highest BCUT2D eigenvalue weighted by molar-refractivity contribution is 5.86. The molecule has 0 spiro atoms. The number of methoxy groups -OCH3 is 1. The Labute approximate surface area is 87.5 Å². The lowest BCUT2D eigenvalue weighted by molar-refractivity contribution is 0.0593. The zero-order valence-corrected chi connectivity index (χ0v) is 8.93. The average Bonchev–Trinajstić information content (AvgIpc) is 2.66. The molecule has 84 valence electrons. The highest BCUT2D eigenvalue weighted by Gasteiger charge is 2.21. The lowest BCUT2D eigenvalue weighted by Gasteiger charge is -2.17. The molecule has 0 aromatic carbocycles. The zero-order chi connectivity index (χ0) is 11.4. The van der Waals surface area contributed by atoms with Gasteiger partial charge in [0.05, 0.1) is 13.7 Å². The molecule has 0 fully saturated rings. The van der Waals surface area contributed by atoms with E-state index in [1.54, 1.807) is 19.0 Å². The van der Waals surface area contributed by atoms with Crippen molar-refractivity contribution in [3.63, 3.8) is 0 Å². The number of carbonyl (C=O) groups is 1. The van der Waals surface area contributed by atoms with E-state index in [9.17, 15) is 4.79 Å². The maximum atomic E-state index is 11.1. The van der Waals surface area contributed by atoms with Crippen LogP contribution in [0.3, 0.4) is 0 Å². The van der Waals surface area contributed by atoms with Gasteiger partial charge in [0.2, 0.25) is 5.89 Å². The highest BCUT2D eigenvalue weighted by atomic mass is 16.5. The van der Waals surface area contributed by atoms with E-state index in [0.29, 0.717) is 5.89 Å². The Hall–Kier alpha value is -1.40. The molecule has 1 heterocycles. The Balaban J connectivity index is 2.87. The van der Waals surface area contributed by atoms with Crippen molar-refractivity contribution in [1.29, 1.82) is 0 Å². The number of ether oxygens (including phenoxy) is 1. The molecule has 0 radical (unpaired) electrons. The fourth-order valence-electron chi connectivity index (χ4n) is 1.10. The van der Waals surface area contributed by atoms with Gasteiger partial charge in [-0.2, -0.15) is 0 Å². The molecular weight excluding hydrogens is 200 g/mol. The molecule has 0 unspecified atom stereocenters. The third-order valence-corrected chi connectivity index (χ3v) is 2.00. The van der Waals surface area contributed by atoms with Crippen molar-refractivity contribution in [2.24, 2.45) is 0 Å². The maximum absolute atomic E-state index is 11.1. The number of esters is 1. The van der Waals surface area contributed by atoms with Crippen molar-refractivity contribution in [3.8, 4) is 0 Å².